The van der Waals surface area contributed by atoms with Crippen LogP contribution in [-0.4, -0.2) is 40.0 Å². The van der Waals surface area contributed by atoms with Crippen LogP contribution in [0.15, 0.2) is 23.1 Å². The minimum Gasteiger partial charge on any atom is -0.399 e. The molecular formula is C11H17FN2O3S. The smallest absolute Gasteiger partial charge is 0.245 e. The molecular weight excluding hydrogens is 259 g/mol. The third-order valence-corrected chi connectivity index (χ3v) is 4.34. The van der Waals surface area contributed by atoms with E-state index < -0.39 is 20.7 Å². The monoisotopic (exact) mass is 276 g/mol. The summed E-state index contributed by atoms with van der Waals surface area (Å²) in [5.41, 5.74) is 5.68. The molecule has 0 spiro atoms. The second-order valence-electron chi connectivity index (χ2n) is 3.86. The first kappa shape index (κ1) is 14.9. The molecule has 0 bridgehead atoms. The number of anilines is 1. The van der Waals surface area contributed by atoms with Crippen molar-refractivity contribution in [3.8, 4) is 0 Å². The van der Waals surface area contributed by atoms with E-state index >= 15 is 0 Å². The first-order valence-electron chi connectivity index (χ1n) is 5.40. The van der Waals surface area contributed by atoms with Gasteiger partial charge in [0.2, 0.25) is 10.0 Å². The Bertz CT molecular complexity index is 505. The zero-order chi connectivity index (χ0) is 13.8. The molecule has 0 aliphatic carbocycles. The lowest BCUT2D eigenvalue weighted by atomic mass is 10.3. The first-order valence-corrected chi connectivity index (χ1v) is 6.84. The molecule has 18 heavy (non-hydrogen) atoms. The number of rotatable bonds is 6. The number of nitrogen functional groups attached to an aromatic ring is 1. The predicted octanol–water partition coefficient (Wildman–Crippen LogP) is 1.06. The average Bonchev–Trinajstić information content (AvgIpc) is 2.32. The minimum atomic E-state index is -3.85. The Labute approximate surface area is 106 Å². The van der Waals surface area contributed by atoms with Gasteiger partial charge in [-0.25, -0.2) is 17.1 Å². The molecule has 0 saturated carbocycles. The minimum absolute atomic E-state index is 0.209. The van der Waals surface area contributed by atoms with Gasteiger partial charge in [0.25, 0.3) is 0 Å². The van der Waals surface area contributed by atoms with E-state index in [4.69, 9.17) is 10.5 Å². The molecule has 0 fully saturated rings. The van der Waals surface area contributed by atoms with Crippen molar-refractivity contribution in [1.82, 2.24) is 4.31 Å². The topological polar surface area (TPSA) is 72.6 Å². The maximum Gasteiger partial charge on any atom is 0.245 e. The fourth-order valence-corrected chi connectivity index (χ4v) is 2.74. The van der Waals surface area contributed by atoms with Gasteiger partial charge in [0, 0.05) is 33.0 Å². The number of nitrogens with two attached hydrogens (primary N) is 1. The zero-order valence-corrected chi connectivity index (χ0v) is 11.2. The molecule has 1 rings (SSSR count). The first-order chi connectivity index (χ1) is 8.39. The molecule has 102 valence electrons. The van der Waals surface area contributed by atoms with Crippen LogP contribution in [0.4, 0.5) is 10.1 Å². The highest BCUT2D eigenvalue weighted by atomic mass is 32.2. The van der Waals surface area contributed by atoms with Gasteiger partial charge < -0.3 is 10.5 Å². The SMILES string of the molecule is COCCCN(C)S(=O)(=O)c1cc(N)ccc1F. The molecule has 0 aromatic heterocycles. The fourth-order valence-electron chi connectivity index (χ4n) is 1.44. The highest BCUT2D eigenvalue weighted by Gasteiger charge is 2.24. The summed E-state index contributed by atoms with van der Waals surface area (Å²) in [6.45, 7) is 0.698. The van der Waals surface area contributed by atoms with Gasteiger partial charge in [-0.3, -0.25) is 0 Å². The van der Waals surface area contributed by atoms with Crippen LogP contribution in [0, 0.1) is 5.82 Å². The zero-order valence-electron chi connectivity index (χ0n) is 10.4. The fraction of sp³-hybridized carbons (Fsp3) is 0.455. The van der Waals surface area contributed by atoms with Crippen LogP contribution < -0.4 is 5.73 Å². The lowest BCUT2D eigenvalue weighted by Crippen LogP contribution is -2.29. The summed E-state index contributed by atoms with van der Waals surface area (Å²) in [6.07, 6.45) is 0.538. The third kappa shape index (κ3) is 3.41. The number of ether oxygens (including phenoxy) is 1. The van der Waals surface area contributed by atoms with Crippen LogP contribution in [-0.2, 0) is 14.8 Å². The van der Waals surface area contributed by atoms with Gasteiger partial charge in [0.15, 0.2) is 0 Å². The van der Waals surface area contributed by atoms with Crippen LogP contribution in [0.2, 0.25) is 0 Å². The van der Waals surface area contributed by atoms with Crippen LogP contribution in [0.25, 0.3) is 0 Å². The van der Waals surface area contributed by atoms with Crippen molar-refractivity contribution in [2.75, 3.05) is 33.0 Å². The number of benzene rings is 1. The summed E-state index contributed by atoms with van der Waals surface area (Å²) in [5, 5.41) is 0. The summed E-state index contributed by atoms with van der Waals surface area (Å²) in [7, 11) is -0.920. The Morgan fingerprint density at radius 2 is 2.11 bits per heavy atom. The van der Waals surface area contributed by atoms with Gasteiger partial charge in [-0.15, -0.1) is 0 Å². The number of sulfonamides is 1. The quantitative estimate of drug-likeness (QED) is 0.623. The van der Waals surface area contributed by atoms with E-state index in [0.717, 1.165) is 16.4 Å². The van der Waals surface area contributed by atoms with Gasteiger partial charge in [-0.1, -0.05) is 0 Å². The van der Waals surface area contributed by atoms with Crippen LogP contribution in [0.3, 0.4) is 0 Å². The summed E-state index contributed by atoms with van der Waals surface area (Å²) >= 11 is 0. The number of hydrogen-bond donors (Lipinski definition) is 1. The van der Waals surface area contributed by atoms with Crippen molar-refractivity contribution in [1.29, 1.82) is 0 Å². The molecule has 0 unspecified atom stereocenters. The third-order valence-electron chi connectivity index (χ3n) is 2.46. The Kier molecular flexibility index (Phi) is 5.06. The Hall–Kier alpha value is -1.18. The van der Waals surface area contributed by atoms with Gasteiger partial charge in [-0.2, -0.15) is 0 Å². The Morgan fingerprint density at radius 1 is 1.44 bits per heavy atom. The van der Waals surface area contributed by atoms with E-state index in [1.807, 2.05) is 0 Å². The van der Waals surface area contributed by atoms with Crippen molar-refractivity contribution in [2.45, 2.75) is 11.3 Å². The molecule has 1 aromatic carbocycles. The normalized spacial score (nSPS) is 12.0. The van der Waals surface area contributed by atoms with E-state index in [1.165, 1.54) is 20.2 Å². The van der Waals surface area contributed by atoms with Crippen molar-refractivity contribution in [2.24, 2.45) is 0 Å². The number of halogens is 1. The molecule has 0 atom stereocenters. The van der Waals surface area contributed by atoms with Crippen molar-refractivity contribution in [3.63, 3.8) is 0 Å². The van der Waals surface area contributed by atoms with Crippen molar-refractivity contribution < 1.29 is 17.5 Å². The van der Waals surface area contributed by atoms with Gasteiger partial charge in [0.05, 0.1) is 0 Å². The van der Waals surface area contributed by atoms with E-state index in [0.29, 0.717) is 13.0 Å². The van der Waals surface area contributed by atoms with E-state index in [-0.39, 0.29) is 12.2 Å². The van der Waals surface area contributed by atoms with Gasteiger partial charge in [-0.05, 0) is 24.6 Å². The second-order valence-corrected chi connectivity index (χ2v) is 5.88. The molecule has 7 heteroatoms. The highest BCUT2D eigenvalue weighted by Crippen LogP contribution is 2.20. The molecule has 0 radical (unpaired) electrons. The second kappa shape index (κ2) is 6.12. The molecule has 0 amide bonds. The summed E-state index contributed by atoms with van der Waals surface area (Å²) in [4.78, 5) is -0.401. The number of hydrogen-bond acceptors (Lipinski definition) is 4. The lowest BCUT2D eigenvalue weighted by Gasteiger charge is -2.17. The molecule has 2 N–H and O–H groups in total. The lowest BCUT2D eigenvalue weighted by molar-refractivity contribution is 0.189. The average molecular weight is 276 g/mol. The maximum absolute atomic E-state index is 13.5. The maximum atomic E-state index is 13.5. The van der Waals surface area contributed by atoms with Crippen LogP contribution in [0.5, 0.6) is 0 Å². The van der Waals surface area contributed by atoms with Gasteiger partial charge in [0.1, 0.15) is 10.7 Å². The summed E-state index contributed by atoms with van der Waals surface area (Å²) in [6, 6.07) is 3.49. The molecule has 0 saturated heterocycles. The standard InChI is InChI=1S/C11H17FN2O3S/c1-14(6-3-7-17-2)18(15,16)11-8-9(13)4-5-10(11)12/h4-5,8H,3,6-7,13H2,1-2H3. The molecule has 5 nitrogen and oxygen atoms in total. The van der Waals surface area contributed by atoms with Crippen molar-refractivity contribution >= 4 is 15.7 Å². The van der Waals surface area contributed by atoms with Gasteiger partial charge >= 0.3 is 0 Å². The Balaban J connectivity index is 2.95. The summed E-state index contributed by atoms with van der Waals surface area (Å²) < 4.78 is 43.6. The van der Waals surface area contributed by atoms with Crippen LogP contribution in [0.1, 0.15) is 6.42 Å². The van der Waals surface area contributed by atoms with Crippen LogP contribution >= 0.6 is 0 Å². The number of methoxy groups -OCH3 is 1. The summed E-state index contributed by atoms with van der Waals surface area (Å²) in [5.74, 6) is -0.803. The van der Waals surface area contributed by atoms with E-state index in [1.54, 1.807) is 0 Å². The van der Waals surface area contributed by atoms with E-state index in [2.05, 4.69) is 0 Å². The predicted molar refractivity (Wildman–Crippen MR) is 67.1 cm³/mol. The van der Waals surface area contributed by atoms with Crippen molar-refractivity contribution in [3.05, 3.63) is 24.0 Å². The molecule has 0 heterocycles. The van der Waals surface area contributed by atoms with E-state index in [9.17, 15) is 12.8 Å². The number of nitrogens with zero attached hydrogens (tertiary/aromatic N) is 1. The molecule has 0 aliphatic heterocycles. The Morgan fingerprint density at radius 3 is 2.72 bits per heavy atom. The molecule has 0 aliphatic rings. The largest absolute Gasteiger partial charge is 0.399 e. The highest BCUT2D eigenvalue weighted by molar-refractivity contribution is 7.89. The molecule has 1 aromatic rings.